The van der Waals surface area contributed by atoms with Gasteiger partial charge in [-0.2, -0.15) is 5.10 Å². The average Bonchev–Trinajstić information content (AvgIpc) is 3.47. The molecule has 1 fully saturated rings. The van der Waals surface area contributed by atoms with Gasteiger partial charge in [0.25, 0.3) is 5.56 Å². The van der Waals surface area contributed by atoms with Crippen LogP contribution in [0.1, 0.15) is 18.8 Å². The summed E-state index contributed by atoms with van der Waals surface area (Å²) in [7, 11) is 1.82. The van der Waals surface area contributed by atoms with Crippen LogP contribution in [0.2, 0.25) is 0 Å². The van der Waals surface area contributed by atoms with Crippen molar-refractivity contribution in [3.05, 3.63) is 59.0 Å². The third-order valence-corrected chi connectivity index (χ3v) is 6.20. The predicted molar refractivity (Wildman–Crippen MR) is 134 cm³/mol. The second kappa shape index (κ2) is 8.51. The number of ether oxygens (including phenoxy) is 1. The Hall–Kier alpha value is -4.25. The number of anilines is 2. The Morgan fingerprint density at radius 2 is 1.91 bits per heavy atom. The first-order valence-electron chi connectivity index (χ1n) is 11.5. The molecular formula is C24H25N9O2. The van der Waals surface area contributed by atoms with E-state index in [1.807, 2.05) is 20.0 Å². The number of aromatic nitrogens is 7. The predicted octanol–water partition coefficient (Wildman–Crippen LogP) is 2.60. The number of pyridine rings is 1. The van der Waals surface area contributed by atoms with Gasteiger partial charge in [-0.3, -0.25) is 9.48 Å². The lowest BCUT2D eigenvalue weighted by Gasteiger charge is -2.28. The molecule has 35 heavy (non-hydrogen) atoms. The number of nitrogens with zero attached hydrogens (tertiary/aromatic N) is 6. The number of aromatic amines is 2. The van der Waals surface area contributed by atoms with Crippen LogP contribution in [-0.4, -0.2) is 61.0 Å². The highest BCUT2D eigenvalue weighted by Gasteiger charge is 2.23. The molecular weight excluding hydrogens is 446 g/mol. The van der Waals surface area contributed by atoms with Gasteiger partial charge in [0.15, 0.2) is 0 Å². The standard InChI is InChI=1S/C24H25N9O2/c1-14(22-25-6-3-7-26-22)27-21-19(24(34)30-18-13-32(2)31-20(18)21)23-28-16-5-4-15(12-17(16)29-23)33-8-10-35-11-9-33/h3-7,12-14,27H,8-11H2,1-2H3,(H,28,29)(H,30,34). The van der Waals surface area contributed by atoms with E-state index >= 15 is 0 Å². The molecule has 0 spiro atoms. The molecule has 3 N–H and O–H groups in total. The van der Waals surface area contributed by atoms with Crippen molar-refractivity contribution in [2.24, 2.45) is 7.05 Å². The van der Waals surface area contributed by atoms with Crippen molar-refractivity contribution in [1.82, 2.24) is 34.7 Å². The minimum absolute atomic E-state index is 0.262. The number of rotatable bonds is 5. The number of H-pyrrole nitrogens is 2. The summed E-state index contributed by atoms with van der Waals surface area (Å²) in [5.41, 5.74) is 4.72. The van der Waals surface area contributed by atoms with E-state index in [0.29, 0.717) is 47.1 Å². The zero-order valence-corrected chi connectivity index (χ0v) is 19.4. The van der Waals surface area contributed by atoms with Gasteiger partial charge in [-0.1, -0.05) is 0 Å². The van der Waals surface area contributed by atoms with E-state index in [9.17, 15) is 4.79 Å². The summed E-state index contributed by atoms with van der Waals surface area (Å²) in [5, 5.41) is 8.03. The Balaban J connectivity index is 1.47. The van der Waals surface area contributed by atoms with Gasteiger partial charge in [-0.25, -0.2) is 15.0 Å². The van der Waals surface area contributed by atoms with Crippen molar-refractivity contribution in [3.8, 4) is 11.4 Å². The monoisotopic (exact) mass is 471 g/mol. The normalized spacial score (nSPS) is 15.1. The van der Waals surface area contributed by atoms with Crippen LogP contribution < -0.4 is 15.8 Å². The molecule has 178 valence electrons. The lowest BCUT2D eigenvalue weighted by Crippen LogP contribution is -2.36. The largest absolute Gasteiger partial charge is 0.378 e. The summed E-state index contributed by atoms with van der Waals surface area (Å²) in [6, 6.07) is 7.60. The minimum atomic E-state index is -0.265. The van der Waals surface area contributed by atoms with Crippen LogP contribution >= 0.6 is 0 Å². The zero-order chi connectivity index (χ0) is 23.9. The fourth-order valence-corrected chi connectivity index (χ4v) is 4.50. The van der Waals surface area contributed by atoms with E-state index in [0.717, 1.165) is 29.8 Å². The van der Waals surface area contributed by atoms with Crippen LogP contribution in [0.3, 0.4) is 0 Å². The number of hydrogen-bond donors (Lipinski definition) is 3. The van der Waals surface area contributed by atoms with E-state index in [1.165, 1.54) is 0 Å². The van der Waals surface area contributed by atoms with Gasteiger partial charge in [-0.15, -0.1) is 0 Å². The highest BCUT2D eigenvalue weighted by Crippen LogP contribution is 2.33. The number of hydrogen-bond acceptors (Lipinski definition) is 8. The van der Waals surface area contributed by atoms with Gasteiger partial charge in [-0.05, 0) is 31.2 Å². The number of aryl methyl sites for hydroxylation is 1. The molecule has 11 heteroatoms. The first kappa shape index (κ1) is 21.3. The van der Waals surface area contributed by atoms with E-state index in [2.05, 4.69) is 47.4 Å². The van der Waals surface area contributed by atoms with Crippen molar-refractivity contribution < 1.29 is 4.74 Å². The molecule has 1 atom stereocenters. The second-order valence-electron chi connectivity index (χ2n) is 8.63. The van der Waals surface area contributed by atoms with Gasteiger partial charge >= 0.3 is 0 Å². The Kier molecular flexibility index (Phi) is 5.18. The Bertz CT molecular complexity index is 1570. The molecule has 1 aliphatic rings. The van der Waals surface area contributed by atoms with Crippen molar-refractivity contribution in [2.75, 3.05) is 36.5 Å². The van der Waals surface area contributed by atoms with Crippen LogP contribution in [-0.2, 0) is 11.8 Å². The number of nitrogens with one attached hydrogen (secondary N) is 3. The van der Waals surface area contributed by atoms with Gasteiger partial charge < -0.3 is 24.9 Å². The molecule has 0 saturated carbocycles. The second-order valence-corrected chi connectivity index (χ2v) is 8.63. The number of imidazole rings is 1. The number of benzene rings is 1. The molecule has 1 aromatic carbocycles. The van der Waals surface area contributed by atoms with Crippen molar-refractivity contribution >= 4 is 33.4 Å². The quantitative estimate of drug-likeness (QED) is 0.357. The third-order valence-electron chi connectivity index (χ3n) is 6.20. The first-order chi connectivity index (χ1) is 17.1. The van der Waals surface area contributed by atoms with E-state index in [-0.39, 0.29) is 11.6 Å². The first-order valence-corrected chi connectivity index (χ1v) is 11.5. The van der Waals surface area contributed by atoms with Crippen molar-refractivity contribution in [3.63, 3.8) is 0 Å². The lowest BCUT2D eigenvalue weighted by atomic mass is 10.1. The van der Waals surface area contributed by atoms with Crippen molar-refractivity contribution in [1.29, 1.82) is 0 Å². The van der Waals surface area contributed by atoms with Crippen LogP contribution in [0.15, 0.2) is 47.7 Å². The fourth-order valence-electron chi connectivity index (χ4n) is 4.50. The van der Waals surface area contributed by atoms with Crippen LogP contribution in [0.5, 0.6) is 0 Å². The van der Waals surface area contributed by atoms with Crippen LogP contribution in [0.4, 0.5) is 11.4 Å². The fraction of sp³-hybridized carbons (Fsp3) is 0.292. The summed E-state index contributed by atoms with van der Waals surface area (Å²) in [4.78, 5) is 35.4. The molecule has 6 rings (SSSR count). The SMILES string of the molecule is CC(Nc1c(-c2nc3ccc(N4CCOCC4)cc3[nH]2)c(=O)[nH]c2cn(C)nc12)c1ncccn1. The van der Waals surface area contributed by atoms with E-state index in [4.69, 9.17) is 9.72 Å². The Morgan fingerprint density at radius 1 is 1.11 bits per heavy atom. The highest BCUT2D eigenvalue weighted by atomic mass is 16.5. The molecule has 4 aromatic heterocycles. The number of fused-ring (bicyclic) bond motifs is 2. The summed E-state index contributed by atoms with van der Waals surface area (Å²) >= 11 is 0. The molecule has 1 saturated heterocycles. The topological polar surface area (TPSA) is 130 Å². The summed E-state index contributed by atoms with van der Waals surface area (Å²) in [5.74, 6) is 1.08. The summed E-state index contributed by atoms with van der Waals surface area (Å²) < 4.78 is 7.15. The van der Waals surface area contributed by atoms with Crippen LogP contribution in [0.25, 0.3) is 33.5 Å². The van der Waals surface area contributed by atoms with Gasteiger partial charge in [0.2, 0.25) is 0 Å². The minimum Gasteiger partial charge on any atom is -0.378 e. The van der Waals surface area contributed by atoms with Gasteiger partial charge in [0.05, 0.1) is 41.5 Å². The Labute approximate surface area is 200 Å². The van der Waals surface area contributed by atoms with Gasteiger partial charge in [0.1, 0.15) is 22.7 Å². The molecule has 0 radical (unpaired) electrons. The Morgan fingerprint density at radius 3 is 2.71 bits per heavy atom. The number of morpholine rings is 1. The molecule has 0 amide bonds. The van der Waals surface area contributed by atoms with E-state index < -0.39 is 0 Å². The maximum Gasteiger partial charge on any atom is 0.261 e. The summed E-state index contributed by atoms with van der Waals surface area (Å²) in [6.45, 7) is 5.06. The molecule has 5 aromatic rings. The van der Waals surface area contributed by atoms with Gasteiger partial charge in [0, 0.05) is 44.4 Å². The molecule has 0 bridgehead atoms. The molecule has 1 aliphatic heterocycles. The maximum atomic E-state index is 13.3. The summed E-state index contributed by atoms with van der Waals surface area (Å²) in [6.07, 6.45) is 5.17. The smallest absolute Gasteiger partial charge is 0.261 e. The lowest BCUT2D eigenvalue weighted by molar-refractivity contribution is 0.122. The maximum absolute atomic E-state index is 13.3. The highest BCUT2D eigenvalue weighted by molar-refractivity contribution is 5.96. The average molecular weight is 472 g/mol. The van der Waals surface area contributed by atoms with Crippen LogP contribution in [0, 0.1) is 0 Å². The zero-order valence-electron chi connectivity index (χ0n) is 19.4. The molecule has 5 heterocycles. The van der Waals surface area contributed by atoms with E-state index in [1.54, 1.807) is 29.3 Å². The molecule has 11 nitrogen and oxygen atoms in total. The molecule has 0 aliphatic carbocycles. The third kappa shape index (κ3) is 3.89. The molecule has 1 unspecified atom stereocenters. The van der Waals surface area contributed by atoms with Crippen molar-refractivity contribution in [2.45, 2.75) is 13.0 Å².